The number of aromatic hydroxyl groups is 1. The number of phenols is 1. The van der Waals surface area contributed by atoms with Gasteiger partial charge in [0.15, 0.2) is 0 Å². The Labute approximate surface area is 277 Å². The summed E-state index contributed by atoms with van der Waals surface area (Å²) in [7, 11) is 0. The highest BCUT2D eigenvalue weighted by Gasteiger charge is 2.22. The van der Waals surface area contributed by atoms with Crippen molar-refractivity contribution in [2.75, 3.05) is 0 Å². The first-order valence-electron chi connectivity index (χ1n) is 16.1. The van der Waals surface area contributed by atoms with Gasteiger partial charge in [0.25, 0.3) is 0 Å². The normalized spacial score (nSPS) is 13.1. The maximum absolute atomic E-state index is 12.6. The van der Waals surface area contributed by atoms with E-state index in [4.69, 9.17) is 9.47 Å². The van der Waals surface area contributed by atoms with Crippen LogP contribution in [0.4, 0.5) is 0 Å². The molecule has 0 saturated carbocycles. The van der Waals surface area contributed by atoms with E-state index in [1.807, 2.05) is 97.1 Å². The summed E-state index contributed by atoms with van der Waals surface area (Å²) in [5.41, 5.74) is 4.96. The summed E-state index contributed by atoms with van der Waals surface area (Å²) in [6.45, 7) is 4.41. The number of hydrogen-bond acceptors (Lipinski definition) is 5. The van der Waals surface area contributed by atoms with Crippen molar-refractivity contribution in [2.45, 2.75) is 50.9 Å². The van der Waals surface area contributed by atoms with Crippen molar-refractivity contribution in [3.8, 4) is 17.2 Å². The highest BCUT2D eigenvalue weighted by Crippen LogP contribution is 2.39. The molecule has 0 aliphatic rings. The fraction of sp³-hybridized carbons (Fsp3) is 0.190. The van der Waals surface area contributed by atoms with E-state index in [0.717, 1.165) is 24.8 Å². The van der Waals surface area contributed by atoms with Gasteiger partial charge < -0.3 is 14.6 Å². The first-order valence-corrected chi connectivity index (χ1v) is 16.1. The molecule has 1 N–H and O–H groups in total. The van der Waals surface area contributed by atoms with Crippen molar-refractivity contribution in [3.63, 3.8) is 0 Å². The molecule has 0 aliphatic carbocycles. The molecule has 0 aliphatic heterocycles. The number of ether oxygens (including phenoxy) is 2. The van der Waals surface area contributed by atoms with Crippen LogP contribution in [0.5, 0.6) is 17.2 Å². The van der Waals surface area contributed by atoms with Crippen LogP contribution in [0.2, 0.25) is 0 Å². The monoisotopic (exact) mass is 624 g/mol. The van der Waals surface area contributed by atoms with Gasteiger partial charge in [0.05, 0.1) is 5.56 Å². The predicted octanol–water partition coefficient (Wildman–Crippen LogP) is 10.1. The Hall–Kier alpha value is -5.42. The second-order valence-corrected chi connectivity index (χ2v) is 11.8. The topological polar surface area (TPSA) is 72.8 Å². The lowest BCUT2D eigenvalue weighted by atomic mass is 9.78. The van der Waals surface area contributed by atoms with Gasteiger partial charge >= 0.3 is 11.9 Å². The first kappa shape index (κ1) is 33.0. The molecule has 5 nitrogen and oxygen atoms in total. The van der Waals surface area contributed by atoms with E-state index < -0.39 is 5.97 Å². The van der Waals surface area contributed by atoms with Gasteiger partial charge in [-0.3, -0.25) is 0 Å². The van der Waals surface area contributed by atoms with Crippen LogP contribution >= 0.6 is 0 Å². The molecule has 0 spiro atoms. The Morgan fingerprint density at radius 1 is 0.638 bits per heavy atom. The van der Waals surface area contributed by atoms with Crippen molar-refractivity contribution in [1.82, 2.24) is 0 Å². The largest absolute Gasteiger partial charge is 0.508 e. The van der Waals surface area contributed by atoms with Crippen LogP contribution in [0, 0.1) is 0 Å². The number of hydrogen-bond donors (Lipinski definition) is 1. The van der Waals surface area contributed by atoms with E-state index in [9.17, 15) is 14.7 Å². The standard InChI is InChI=1S/C42H40O5/c1-3-32(34-17-23-39(24-18-34)46-41(44)27-14-31-10-6-4-7-11-31)29-37(28-30(2)33-15-21-38(43)22-16-33)35-19-25-40(26-20-35)47-42(45)36-12-8-5-9-13-36/h4-27,30,32,37,43H,3,28-29H2,1-2H3/b27-14+. The molecule has 5 heteroatoms. The lowest BCUT2D eigenvalue weighted by Gasteiger charge is -2.27. The average Bonchev–Trinajstić information content (AvgIpc) is 3.11. The molecule has 5 aromatic carbocycles. The molecule has 238 valence electrons. The van der Waals surface area contributed by atoms with Gasteiger partial charge in [0, 0.05) is 6.08 Å². The molecule has 3 atom stereocenters. The highest BCUT2D eigenvalue weighted by molar-refractivity contribution is 5.91. The zero-order valence-electron chi connectivity index (χ0n) is 26.8. The molecule has 3 unspecified atom stereocenters. The molecule has 0 aromatic heterocycles. The van der Waals surface area contributed by atoms with E-state index in [2.05, 4.69) is 26.0 Å². The zero-order valence-corrected chi connectivity index (χ0v) is 26.8. The van der Waals surface area contributed by atoms with Gasteiger partial charge in [0.2, 0.25) is 0 Å². The molecule has 0 heterocycles. The summed E-state index contributed by atoms with van der Waals surface area (Å²) < 4.78 is 11.2. The lowest BCUT2D eigenvalue weighted by molar-refractivity contribution is -0.128. The summed E-state index contributed by atoms with van der Waals surface area (Å²) in [4.78, 5) is 25.0. The average molecular weight is 625 g/mol. The molecular formula is C42H40O5. The van der Waals surface area contributed by atoms with Crippen LogP contribution in [0.25, 0.3) is 6.08 Å². The Balaban J connectivity index is 1.30. The molecule has 0 fully saturated rings. The minimum atomic E-state index is -0.421. The highest BCUT2D eigenvalue weighted by atomic mass is 16.5. The van der Waals surface area contributed by atoms with Crippen molar-refractivity contribution < 1.29 is 24.2 Å². The summed E-state index contributed by atoms with van der Waals surface area (Å²) in [6.07, 6.45) is 5.92. The maximum Gasteiger partial charge on any atom is 0.343 e. The van der Waals surface area contributed by atoms with E-state index in [-0.39, 0.29) is 29.5 Å². The van der Waals surface area contributed by atoms with Crippen LogP contribution < -0.4 is 9.47 Å². The molecule has 5 aromatic rings. The van der Waals surface area contributed by atoms with Crippen LogP contribution in [-0.2, 0) is 4.79 Å². The molecule has 0 bridgehead atoms. The van der Waals surface area contributed by atoms with Crippen LogP contribution in [0.1, 0.15) is 83.5 Å². The van der Waals surface area contributed by atoms with E-state index in [0.29, 0.717) is 17.1 Å². The van der Waals surface area contributed by atoms with Gasteiger partial charge in [-0.15, -0.1) is 0 Å². The number of carbonyl (C=O) groups is 2. The van der Waals surface area contributed by atoms with E-state index in [1.165, 1.54) is 22.8 Å². The Morgan fingerprint density at radius 3 is 1.77 bits per heavy atom. The van der Waals surface area contributed by atoms with Gasteiger partial charge in [-0.2, -0.15) is 0 Å². The number of phenolic OH excluding ortho intramolecular Hbond substituents is 1. The van der Waals surface area contributed by atoms with Gasteiger partial charge in [0.1, 0.15) is 17.2 Å². The maximum atomic E-state index is 12.6. The van der Waals surface area contributed by atoms with Gasteiger partial charge in [-0.05, 0) is 114 Å². The fourth-order valence-corrected chi connectivity index (χ4v) is 5.85. The van der Waals surface area contributed by atoms with Crippen molar-refractivity contribution >= 4 is 18.0 Å². The molecule has 47 heavy (non-hydrogen) atoms. The second-order valence-electron chi connectivity index (χ2n) is 11.8. The minimum Gasteiger partial charge on any atom is -0.508 e. The van der Waals surface area contributed by atoms with Crippen molar-refractivity contribution in [1.29, 1.82) is 0 Å². The third-order valence-electron chi connectivity index (χ3n) is 8.51. The van der Waals surface area contributed by atoms with Crippen molar-refractivity contribution in [2.24, 2.45) is 0 Å². The van der Waals surface area contributed by atoms with Crippen LogP contribution in [0.3, 0.4) is 0 Å². The van der Waals surface area contributed by atoms with Crippen LogP contribution in [-0.4, -0.2) is 17.0 Å². The molecule has 0 radical (unpaired) electrons. The third kappa shape index (κ3) is 9.54. The molecular weight excluding hydrogens is 584 g/mol. The summed E-state index contributed by atoms with van der Waals surface area (Å²) in [5.74, 6) is 1.18. The zero-order chi connectivity index (χ0) is 33.0. The second kappa shape index (κ2) is 16.2. The van der Waals surface area contributed by atoms with Gasteiger partial charge in [-0.25, -0.2) is 9.59 Å². The SMILES string of the molecule is CCC(CC(CC(C)c1ccc(O)cc1)c1ccc(OC(=O)c2ccccc2)cc1)c1ccc(OC(=O)/C=C/c2ccccc2)cc1. The lowest BCUT2D eigenvalue weighted by Crippen LogP contribution is -2.11. The summed E-state index contributed by atoms with van der Waals surface area (Å²) in [5, 5.41) is 9.81. The van der Waals surface area contributed by atoms with E-state index >= 15 is 0 Å². The first-order chi connectivity index (χ1) is 22.9. The summed E-state index contributed by atoms with van der Waals surface area (Å²) >= 11 is 0. The molecule has 0 amide bonds. The number of benzene rings is 5. The molecule has 0 saturated heterocycles. The predicted molar refractivity (Wildman–Crippen MR) is 187 cm³/mol. The van der Waals surface area contributed by atoms with Crippen LogP contribution in [0.15, 0.2) is 140 Å². The van der Waals surface area contributed by atoms with Gasteiger partial charge in [-0.1, -0.05) is 98.8 Å². The van der Waals surface area contributed by atoms with Crippen molar-refractivity contribution in [3.05, 3.63) is 167 Å². The Kier molecular flexibility index (Phi) is 11.4. The minimum absolute atomic E-state index is 0.211. The smallest absolute Gasteiger partial charge is 0.343 e. The third-order valence-corrected chi connectivity index (χ3v) is 8.51. The Bertz CT molecular complexity index is 1740. The fourth-order valence-electron chi connectivity index (χ4n) is 5.85. The summed E-state index contributed by atoms with van der Waals surface area (Å²) in [6, 6.07) is 41.7. The van der Waals surface area contributed by atoms with E-state index in [1.54, 1.807) is 30.3 Å². The number of esters is 2. The molecule has 5 rings (SSSR count). The number of carbonyl (C=O) groups excluding carboxylic acids is 2. The quantitative estimate of drug-likeness (QED) is 0.0802. The Morgan fingerprint density at radius 2 is 1.17 bits per heavy atom. The number of rotatable bonds is 13.